The van der Waals surface area contributed by atoms with Gasteiger partial charge in [0.05, 0.1) is 13.2 Å². The van der Waals surface area contributed by atoms with Gasteiger partial charge < -0.3 is 9.84 Å². The molecule has 0 aliphatic rings. The van der Waals surface area contributed by atoms with Crippen molar-refractivity contribution in [2.24, 2.45) is 0 Å². The van der Waals surface area contributed by atoms with Gasteiger partial charge >= 0.3 is 5.97 Å². The number of nitrogens with zero attached hydrogens (tertiary/aromatic N) is 1. The predicted molar refractivity (Wildman–Crippen MR) is 89.6 cm³/mol. The fourth-order valence-electron chi connectivity index (χ4n) is 2.49. The summed E-state index contributed by atoms with van der Waals surface area (Å²) in [6, 6.07) is 19.2. The molecule has 0 aliphatic heterocycles. The number of benzene rings is 2. The SMILES string of the molecule is CCOC(=O)[C@@H](CO)N(Cc1ccccc1)Cc1ccccc1. The Kier molecular flexibility index (Phi) is 6.78. The molecule has 0 radical (unpaired) electrons. The second-order valence-corrected chi connectivity index (χ2v) is 5.33. The van der Waals surface area contributed by atoms with Gasteiger partial charge in [0, 0.05) is 13.1 Å². The van der Waals surface area contributed by atoms with Gasteiger partial charge in [0.1, 0.15) is 6.04 Å². The van der Waals surface area contributed by atoms with Crippen molar-refractivity contribution in [1.82, 2.24) is 4.90 Å². The van der Waals surface area contributed by atoms with Crippen molar-refractivity contribution in [3.05, 3.63) is 71.8 Å². The minimum atomic E-state index is -0.671. The van der Waals surface area contributed by atoms with Gasteiger partial charge in [-0.15, -0.1) is 0 Å². The van der Waals surface area contributed by atoms with E-state index in [1.54, 1.807) is 6.92 Å². The van der Waals surface area contributed by atoms with Crippen LogP contribution < -0.4 is 0 Å². The molecule has 23 heavy (non-hydrogen) atoms. The fraction of sp³-hybridized carbons (Fsp3) is 0.316. The van der Waals surface area contributed by atoms with E-state index in [1.807, 2.05) is 65.6 Å². The number of rotatable bonds is 8. The predicted octanol–water partition coefficient (Wildman–Crippen LogP) is 2.61. The van der Waals surface area contributed by atoms with Gasteiger partial charge in [0.2, 0.25) is 0 Å². The standard InChI is InChI=1S/C19H23NO3/c1-2-23-19(22)18(15-21)20(13-16-9-5-3-6-10-16)14-17-11-7-4-8-12-17/h3-12,18,21H,2,13-15H2,1H3/t18-/m1/s1. The summed E-state index contributed by atoms with van der Waals surface area (Å²) in [4.78, 5) is 14.1. The largest absolute Gasteiger partial charge is 0.465 e. The molecule has 4 nitrogen and oxygen atoms in total. The molecular formula is C19H23NO3. The van der Waals surface area contributed by atoms with Gasteiger partial charge in [0.15, 0.2) is 0 Å². The van der Waals surface area contributed by atoms with Crippen molar-refractivity contribution >= 4 is 5.97 Å². The maximum absolute atomic E-state index is 12.2. The summed E-state index contributed by atoms with van der Waals surface area (Å²) in [5.41, 5.74) is 2.18. The monoisotopic (exact) mass is 313 g/mol. The summed E-state index contributed by atoms with van der Waals surface area (Å²) in [6.07, 6.45) is 0. The molecule has 0 aliphatic carbocycles. The molecule has 4 heteroatoms. The van der Waals surface area contributed by atoms with E-state index < -0.39 is 6.04 Å². The van der Waals surface area contributed by atoms with Gasteiger partial charge in [-0.1, -0.05) is 60.7 Å². The lowest BCUT2D eigenvalue weighted by molar-refractivity contribution is -0.151. The van der Waals surface area contributed by atoms with Crippen LogP contribution in [0.5, 0.6) is 0 Å². The van der Waals surface area contributed by atoms with Crippen LogP contribution >= 0.6 is 0 Å². The van der Waals surface area contributed by atoms with Gasteiger partial charge in [-0.3, -0.25) is 9.69 Å². The Hall–Kier alpha value is -2.17. The topological polar surface area (TPSA) is 49.8 Å². The third-order valence-electron chi connectivity index (χ3n) is 3.63. The fourth-order valence-corrected chi connectivity index (χ4v) is 2.49. The minimum absolute atomic E-state index is 0.265. The highest BCUT2D eigenvalue weighted by Crippen LogP contribution is 2.14. The number of esters is 1. The highest BCUT2D eigenvalue weighted by Gasteiger charge is 2.26. The van der Waals surface area contributed by atoms with Crippen LogP contribution in [0.1, 0.15) is 18.1 Å². The Labute approximate surface area is 137 Å². The van der Waals surface area contributed by atoms with Crippen molar-refractivity contribution in [3.63, 3.8) is 0 Å². The van der Waals surface area contributed by atoms with Gasteiger partial charge in [-0.25, -0.2) is 0 Å². The first kappa shape index (κ1) is 17.2. The third-order valence-corrected chi connectivity index (χ3v) is 3.63. The number of carbonyl (C=O) groups is 1. The summed E-state index contributed by atoms with van der Waals surface area (Å²) in [6.45, 7) is 2.95. The van der Waals surface area contributed by atoms with E-state index in [0.717, 1.165) is 11.1 Å². The first-order valence-electron chi connectivity index (χ1n) is 7.84. The normalized spacial score (nSPS) is 12.1. The molecule has 0 heterocycles. The number of aliphatic hydroxyl groups is 1. The molecular weight excluding hydrogens is 290 g/mol. The molecule has 2 aromatic rings. The third kappa shape index (κ3) is 5.20. The van der Waals surface area contributed by atoms with Crippen LogP contribution in [0.15, 0.2) is 60.7 Å². The van der Waals surface area contributed by atoms with Crippen LogP contribution in [-0.2, 0) is 22.6 Å². The molecule has 0 aromatic heterocycles. The molecule has 1 N–H and O–H groups in total. The Bertz CT molecular complexity index is 545. The van der Waals surface area contributed by atoms with Crippen molar-refractivity contribution in [3.8, 4) is 0 Å². The molecule has 0 saturated heterocycles. The Morgan fingerprint density at radius 2 is 1.48 bits per heavy atom. The number of carbonyl (C=O) groups excluding carboxylic acids is 1. The van der Waals surface area contributed by atoms with E-state index in [1.165, 1.54) is 0 Å². The Morgan fingerprint density at radius 1 is 1.00 bits per heavy atom. The molecule has 0 fully saturated rings. The average molecular weight is 313 g/mol. The molecule has 122 valence electrons. The summed E-state index contributed by atoms with van der Waals surface area (Å²) < 4.78 is 5.11. The summed E-state index contributed by atoms with van der Waals surface area (Å²) in [7, 11) is 0. The van der Waals surface area contributed by atoms with Crippen LogP contribution in [0, 0.1) is 0 Å². The summed E-state index contributed by atoms with van der Waals surface area (Å²) in [5, 5.41) is 9.71. The second kappa shape index (κ2) is 9.08. The molecule has 2 aromatic carbocycles. The minimum Gasteiger partial charge on any atom is -0.465 e. The van der Waals surface area contributed by atoms with Gasteiger partial charge in [-0.2, -0.15) is 0 Å². The smallest absolute Gasteiger partial charge is 0.325 e. The average Bonchev–Trinajstić information content (AvgIpc) is 2.57. The quantitative estimate of drug-likeness (QED) is 0.761. The van der Waals surface area contributed by atoms with Crippen LogP contribution in [-0.4, -0.2) is 35.2 Å². The van der Waals surface area contributed by atoms with Crippen LogP contribution in [0.4, 0.5) is 0 Å². The van der Waals surface area contributed by atoms with Crippen LogP contribution in [0.2, 0.25) is 0 Å². The van der Waals surface area contributed by atoms with Crippen molar-refractivity contribution in [1.29, 1.82) is 0 Å². The van der Waals surface area contributed by atoms with E-state index >= 15 is 0 Å². The molecule has 2 rings (SSSR count). The Morgan fingerprint density at radius 3 is 1.87 bits per heavy atom. The molecule has 0 bridgehead atoms. The highest BCUT2D eigenvalue weighted by molar-refractivity contribution is 5.75. The lowest BCUT2D eigenvalue weighted by Crippen LogP contribution is -2.44. The molecule has 0 unspecified atom stereocenters. The number of ether oxygens (including phenoxy) is 1. The van der Waals surface area contributed by atoms with E-state index in [-0.39, 0.29) is 12.6 Å². The van der Waals surface area contributed by atoms with Gasteiger partial charge in [-0.05, 0) is 18.1 Å². The number of hydrogen-bond donors (Lipinski definition) is 1. The summed E-state index contributed by atoms with van der Waals surface area (Å²) in [5.74, 6) is -0.387. The summed E-state index contributed by atoms with van der Waals surface area (Å²) >= 11 is 0. The maximum Gasteiger partial charge on any atom is 0.325 e. The first-order valence-corrected chi connectivity index (χ1v) is 7.84. The molecule has 0 spiro atoms. The molecule has 0 saturated carbocycles. The Balaban J connectivity index is 2.20. The lowest BCUT2D eigenvalue weighted by atomic mass is 10.1. The number of hydrogen-bond acceptors (Lipinski definition) is 4. The van der Waals surface area contributed by atoms with Crippen LogP contribution in [0.25, 0.3) is 0 Å². The van der Waals surface area contributed by atoms with E-state index in [4.69, 9.17) is 4.74 Å². The van der Waals surface area contributed by atoms with Gasteiger partial charge in [0.25, 0.3) is 0 Å². The van der Waals surface area contributed by atoms with E-state index in [0.29, 0.717) is 19.7 Å². The van der Waals surface area contributed by atoms with E-state index in [2.05, 4.69) is 0 Å². The van der Waals surface area contributed by atoms with Crippen molar-refractivity contribution in [2.45, 2.75) is 26.1 Å². The zero-order chi connectivity index (χ0) is 16.5. The zero-order valence-electron chi connectivity index (χ0n) is 13.4. The molecule has 1 atom stereocenters. The maximum atomic E-state index is 12.2. The lowest BCUT2D eigenvalue weighted by Gasteiger charge is -2.29. The molecule has 0 amide bonds. The van der Waals surface area contributed by atoms with Crippen molar-refractivity contribution in [2.75, 3.05) is 13.2 Å². The first-order chi connectivity index (χ1) is 11.2. The van der Waals surface area contributed by atoms with Crippen LogP contribution in [0.3, 0.4) is 0 Å². The van der Waals surface area contributed by atoms with E-state index in [9.17, 15) is 9.90 Å². The van der Waals surface area contributed by atoms with Crippen molar-refractivity contribution < 1.29 is 14.6 Å². The second-order valence-electron chi connectivity index (χ2n) is 5.33. The highest BCUT2D eigenvalue weighted by atomic mass is 16.5. The zero-order valence-corrected chi connectivity index (χ0v) is 13.4. The number of aliphatic hydroxyl groups excluding tert-OH is 1.